The summed E-state index contributed by atoms with van der Waals surface area (Å²) >= 11 is 0. The summed E-state index contributed by atoms with van der Waals surface area (Å²) in [5.74, 6) is 0.208. The van der Waals surface area contributed by atoms with Crippen LogP contribution in [0.2, 0.25) is 0 Å². The number of amides is 1. The third kappa shape index (κ3) is 6.68. The monoisotopic (exact) mass is 480 g/mol. The van der Waals surface area contributed by atoms with Gasteiger partial charge >= 0.3 is 0 Å². The highest BCUT2D eigenvalue weighted by molar-refractivity contribution is 7.89. The molecule has 6 nitrogen and oxygen atoms in total. The molecule has 1 amide bonds. The predicted molar refractivity (Wildman–Crippen MR) is 135 cm³/mol. The van der Waals surface area contributed by atoms with Gasteiger partial charge in [-0.15, -0.1) is 0 Å². The summed E-state index contributed by atoms with van der Waals surface area (Å²) in [7, 11) is -2.39. The lowest BCUT2D eigenvalue weighted by Crippen LogP contribution is -2.37. The van der Waals surface area contributed by atoms with E-state index in [1.165, 1.54) is 15.9 Å². The minimum absolute atomic E-state index is 0.0810. The van der Waals surface area contributed by atoms with Crippen LogP contribution in [0, 0.1) is 6.92 Å². The molecule has 0 aliphatic heterocycles. The second kappa shape index (κ2) is 11.8. The highest BCUT2D eigenvalue weighted by Gasteiger charge is 2.27. The molecule has 0 bridgehead atoms. The van der Waals surface area contributed by atoms with Crippen LogP contribution in [0.25, 0.3) is 0 Å². The highest BCUT2D eigenvalue weighted by atomic mass is 32.2. The molecule has 0 saturated heterocycles. The first-order valence-electron chi connectivity index (χ1n) is 11.4. The van der Waals surface area contributed by atoms with E-state index in [4.69, 9.17) is 4.74 Å². The minimum atomic E-state index is -3.93. The topological polar surface area (TPSA) is 75.7 Å². The maximum Gasteiger partial charge on any atom is 0.243 e. The van der Waals surface area contributed by atoms with Crippen LogP contribution in [-0.2, 0) is 27.8 Å². The Hall–Kier alpha value is -3.16. The number of anilines is 1. The van der Waals surface area contributed by atoms with Crippen LogP contribution in [0.4, 0.5) is 5.69 Å². The van der Waals surface area contributed by atoms with Crippen molar-refractivity contribution in [3.63, 3.8) is 0 Å². The van der Waals surface area contributed by atoms with Crippen molar-refractivity contribution in [3.8, 4) is 5.75 Å². The molecule has 3 aromatic rings. The predicted octanol–water partition coefficient (Wildman–Crippen LogP) is 5.18. The SMILES string of the molecule is CCCCc1ccc(NC(=O)CN(Cc2ccccc2)S(=O)(=O)c2ccc(OC)c(C)c2)cc1. The first-order valence-corrected chi connectivity index (χ1v) is 12.8. The Morgan fingerprint density at radius 3 is 2.29 bits per heavy atom. The smallest absolute Gasteiger partial charge is 0.243 e. The second-order valence-corrected chi connectivity index (χ2v) is 10.2. The van der Waals surface area contributed by atoms with Gasteiger partial charge in [-0.2, -0.15) is 4.31 Å². The number of nitrogens with zero attached hydrogens (tertiary/aromatic N) is 1. The average Bonchev–Trinajstić information content (AvgIpc) is 2.83. The third-order valence-electron chi connectivity index (χ3n) is 5.58. The first kappa shape index (κ1) is 25.5. The molecule has 0 aliphatic rings. The van der Waals surface area contributed by atoms with Crippen LogP contribution in [-0.4, -0.2) is 32.3 Å². The standard InChI is InChI=1S/C27H32N2O4S/c1-4-5-9-22-12-14-24(15-13-22)28-27(30)20-29(19-23-10-7-6-8-11-23)34(31,32)25-16-17-26(33-3)21(2)18-25/h6-8,10-18H,4-5,9,19-20H2,1-3H3,(H,28,30). The van der Waals surface area contributed by atoms with Crippen molar-refractivity contribution in [2.24, 2.45) is 0 Å². The number of hydrogen-bond donors (Lipinski definition) is 1. The van der Waals surface area contributed by atoms with Gasteiger partial charge in [0.15, 0.2) is 0 Å². The molecule has 0 saturated carbocycles. The number of nitrogens with one attached hydrogen (secondary N) is 1. The molecule has 0 unspecified atom stereocenters. The van der Waals surface area contributed by atoms with Gasteiger partial charge in [0.1, 0.15) is 5.75 Å². The quantitative estimate of drug-likeness (QED) is 0.411. The normalized spacial score (nSPS) is 11.4. The van der Waals surface area contributed by atoms with Gasteiger partial charge in [-0.1, -0.05) is 55.8 Å². The van der Waals surface area contributed by atoms with Crippen molar-refractivity contribution in [2.45, 2.75) is 44.6 Å². The van der Waals surface area contributed by atoms with Crippen LogP contribution in [0.1, 0.15) is 36.5 Å². The Labute approximate surface area is 202 Å². The number of carbonyl (C=O) groups is 1. The van der Waals surface area contributed by atoms with Crippen molar-refractivity contribution in [3.05, 3.63) is 89.5 Å². The third-order valence-corrected chi connectivity index (χ3v) is 7.37. The molecule has 3 rings (SSSR count). The van der Waals surface area contributed by atoms with E-state index in [9.17, 15) is 13.2 Å². The van der Waals surface area contributed by atoms with Crippen molar-refractivity contribution in [1.29, 1.82) is 0 Å². The van der Waals surface area contributed by atoms with E-state index in [1.807, 2.05) is 54.6 Å². The molecule has 3 aromatic carbocycles. The number of carbonyl (C=O) groups excluding carboxylic acids is 1. The molecule has 0 fully saturated rings. The zero-order chi connectivity index (χ0) is 24.6. The van der Waals surface area contributed by atoms with Gasteiger partial charge in [0.05, 0.1) is 18.6 Å². The number of unbranched alkanes of at least 4 members (excludes halogenated alkanes) is 1. The maximum atomic E-state index is 13.5. The summed E-state index contributed by atoms with van der Waals surface area (Å²) in [4.78, 5) is 13.0. The Morgan fingerprint density at radius 1 is 0.971 bits per heavy atom. The number of methoxy groups -OCH3 is 1. The second-order valence-electron chi connectivity index (χ2n) is 8.24. The maximum absolute atomic E-state index is 13.5. The molecule has 180 valence electrons. The number of benzene rings is 3. The molecular weight excluding hydrogens is 448 g/mol. The Balaban J connectivity index is 1.81. The summed E-state index contributed by atoms with van der Waals surface area (Å²) in [5, 5.41) is 2.83. The van der Waals surface area contributed by atoms with Crippen molar-refractivity contribution >= 4 is 21.6 Å². The lowest BCUT2D eigenvalue weighted by Gasteiger charge is -2.22. The number of sulfonamides is 1. The van der Waals surface area contributed by atoms with Gasteiger partial charge < -0.3 is 10.1 Å². The summed E-state index contributed by atoms with van der Waals surface area (Å²) in [6.45, 7) is 3.71. The summed E-state index contributed by atoms with van der Waals surface area (Å²) in [6.07, 6.45) is 3.23. The van der Waals surface area contributed by atoms with Crippen LogP contribution in [0.15, 0.2) is 77.7 Å². The van der Waals surface area contributed by atoms with E-state index >= 15 is 0 Å². The van der Waals surface area contributed by atoms with Gasteiger partial charge in [0, 0.05) is 12.2 Å². The Bertz CT molecular complexity index is 1190. The van der Waals surface area contributed by atoms with Crippen LogP contribution >= 0.6 is 0 Å². The fourth-order valence-corrected chi connectivity index (χ4v) is 5.14. The molecule has 1 N–H and O–H groups in total. The van der Waals surface area contributed by atoms with E-state index in [-0.39, 0.29) is 18.0 Å². The fraction of sp³-hybridized carbons (Fsp3) is 0.296. The Morgan fingerprint density at radius 2 is 1.68 bits per heavy atom. The van der Waals surface area contributed by atoms with Crippen LogP contribution < -0.4 is 10.1 Å². The van der Waals surface area contributed by atoms with Crippen molar-refractivity contribution in [2.75, 3.05) is 19.0 Å². The molecule has 0 aromatic heterocycles. The van der Waals surface area contributed by atoms with Gasteiger partial charge in [-0.3, -0.25) is 4.79 Å². The molecule has 0 aliphatic carbocycles. The molecule has 0 atom stereocenters. The van der Waals surface area contributed by atoms with E-state index in [1.54, 1.807) is 26.2 Å². The lowest BCUT2D eigenvalue weighted by molar-refractivity contribution is -0.116. The zero-order valence-corrected chi connectivity index (χ0v) is 20.8. The summed E-state index contributed by atoms with van der Waals surface area (Å²) in [6, 6.07) is 21.6. The molecule has 34 heavy (non-hydrogen) atoms. The van der Waals surface area contributed by atoms with Crippen LogP contribution in [0.3, 0.4) is 0 Å². The highest BCUT2D eigenvalue weighted by Crippen LogP contribution is 2.25. The number of hydrogen-bond acceptors (Lipinski definition) is 4. The molecule has 0 radical (unpaired) electrons. The lowest BCUT2D eigenvalue weighted by atomic mass is 10.1. The molecular formula is C27H32N2O4S. The van der Waals surface area contributed by atoms with Gasteiger partial charge in [0.25, 0.3) is 0 Å². The summed E-state index contributed by atoms with van der Waals surface area (Å²) in [5.41, 5.74) is 3.35. The molecule has 0 spiro atoms. The van der Waals surface area contributed by atoms with E-state index in [2.05, 4.69) is 12.2 Å². The summed E-state index contributed by atoms with van der Waals surface area (Å²) < 4.78 is 33.5. The van der Waals surface area contributed by atoms with Crippen molar-refractivity contribution < 1.29 is 17.9 Å². The Kier molecular flexibility index (Phi) is 8.85. The van der Waals surface area contributed by atoms with Gasteiger partial charge in [0.2, 0.25) is 15.9 Å². The fourth-order valence-electron chi connectivity index (χ4n) is 3.67. The molecule has 0 heterocycles. The number of ether oxygens (including phenoxy) is 1. The van der Waals surface area contributed by atoms with Crippen LogP contribution in [0.5, 0.6) is 5.75 Å². The van der Waals surface area contributed by atoms with E-state index in [0.29, 0.717) is 17.0 Å². The van der Waals surface area contributed by atoms with Gasteiger partial charge in [-0.05, 0) is 66.8 Å². The van der Waals surface area contributed by atoms with E-state index < -0.39 is 15.9 Å². The minimum Gasteiger partial charge on any atom is -0.496 e. The zero-order valence-electron chi connectivity index (χ0n) is 20.0. The largest absolute Gasteiger partial charge is 0.496 e. The number of rotatable bonds is 11. The molecule has 7 heteroatoms. The van der Waals surface area contributed by atoms with Gasteiger partial charge in [-0.25, -0.2) is 8.42 Å². The van der Waals surface area contributed by atoms with E-state index in [0.717, 1.165) is 24.8 Å². The average molecular weight is 481 g/mol. The first-order chi connectivity index (χ1) is 16.3. The van der Waals surface area contributed by atoms with Crippen molar-refractivity contribution in [1.82, 2.24) is 4.31 Å². The number of aryl methyl sites for hydroxylation is 2.